The number of amides is 1. The van der Waals surface area contributed by atoms with E-state index >= 15 is 0 Å². The number of hydrogen-bond acceptors (Lipinski definition) is 4. The molecule has 0 unspecified atom stereocenters. The highest BCUT2D eigenvalue weighted by molar-refractivity contribution is 5.97. The molecule has 1 saturated heterocycles. The molecule has 31 heavy (non-hydrogen) atoms. The maximum Gasteiger partial charge on any atom is 0.391 e. The summed E-state index contributed by atoms with van der Waals surface area (Å²) in [6, 6.07) is 9.65. The van der Waals surface area contributed by atoms with Crippen LogP contribution in [-0.2, 0) is 4.79 Å². The van der Waals surface area contributed by atoms with E-state index < -0.39 is 12.1 Å². The number of aryl methyl sites for hydroxylation is 2. The van der Waals surface area contributed by atoms with E-state index in [0.29, 0.717) is 18.8 Å². The number of ether oxygens (including phenoxy) is 1. The van der Waals surface area contributed by atoms with Crippen molar-refractivity contribution in [1.82, 2.24) is 0 Å². The molecule has 0 radical (unpaired) electrons. The zero-order valence-corrected chi connectivity index (χ0v) is 17.8. The van der Waals surface area contributed by atoms with Crippen LogP contribution in [0.2, 0.25) is 0 Å². The van der Waals surface area contributed by atoms with Crippen LogP contribution in [0.5, 0.6) is 5.75 Å². The third kappa shape index (κ3) is 4.29. The minimum Gasteiger partial charge on any atom is -0.481 e. The van der Waals surface area contributed by atoms with Crippen LogP contribution in [0.1, 0.15) is 24.0 Å². The van der Waals surface area contributed by atoms with Crippen molar-refractivity contribution in [3.63, 3.8) is 0 Å². The lowest BCUT2D eigenvalue weighted by Gasteiger charge is -2.35. The van der Waals surface area contributed by atoms with Crippen LogP contribution < -0.4 is 19.9 Å². The van der Waals surface area contributed by atoms with Crippen LogP contribution in [0.4, 0.5) is 35.9 Å². The van der Waals surface area contributed by atoms with Gasteiger partial charge in [0.15, 0.2) is 6.61 Å². The van der Waals surface area contributed by atoms with Gasteiger partial charge in [0, 0.05) is 43.3 Å². The molecule has 0 aliphatic carbocycles. The average molecular weight is 433 g/mol. The number of rotatable bonds is 3. The van der Waals surface area contributed by atoms with Crippen molar-refractivity contribution in [3.05, 3.63) is 41.5 Å². The van der Waals surface area contributed by atoms with Crippen molar-refractivity contribution in [2.24, 2.45) is 5.92 Å². The van der Waals surface area contributed by atoms with Crippen LogP contribution in [0.3, 0.4) is 0 Å². The Hall–Kier alpha value is -2.90. The first-order valence-electron chi connectivity index (χ1n) is 10.4. The molecule has 2 heterocycles. The molecule has 0 saturated carbocycles. The molecule has 1 N–H and O–H groups in total. The molecule has 166 valence electrons. The summed E-state index contributed by atoms with van der Waals surface area (Å²) >= 11 is 0. The highest BCUT2D eigenvalue weighted by Gasteiger charge is 2.41. The Balaban J connectivity index is 1.50. The second-order valence-electron chi connectivity index (χ2n) is 8.31. The number of fused-ring (bicyclic) bond motifs is 1. The van der Waals surface area contributed by atoms with E-state index in [1.165, 1.54) is 0 Å². The summed E-state index contributed by atoms with van der Waals surface area (Å²) in [7, 11) is 1.72. The van der Waals surface area contributed by atoms with E-state index in [1.54, 1.807) is 11.9 Å². The monoisotopic (exact) mass is 433 g/mol. The van der Waals surface area contributed by atoms with Gasteiger partial charge < -0.3 is 19.9 Å². The summed E-state index contributed by atoms with van der Waals surface area (Å²) in [5.74, 6) is -0.645. The normalized spacial score (nSPS) is 17.4. The predicted molar refractivity (Wildman–Crippen MR) is 116 cm³/mol. The fourth-order valence-corrected chi connectivity index (χ4v) is 4.28. The average Bonchev–Trinajstić information content (AvgIpc) is 2.73. The van der Waals surface area contributed by atoms with Crippen LogP contribution in [0.25, 0.3) is 0 Å². The number of nitrogens with one attached hydrogen (secondary N) is 1. The van der Waals surface area contributed by atoms with E-state index in [2.05, 4.69) is 5.32 Å². The van der Waals surface area contributed by atoms with E-state index in [1.807, 2.05) is 49.1 Å². The van der Waals surface area contributed by atoms with Gasteiger partial charge in [-0.1, -0.05) is 0 Å². The molecule has 2 aromatic rings. The molecule has 0 spiro atoms. The fraction of sp³-hybridized carbons (Fsp3) is 0.435. The Morgan fingerprint density at radius 2 is 1.71 bits per heavy atom. The van der Waals surface area contributed by atoms with Gasteiger partial charge in [0.2, 0.25) is 0 Å². The Morgan fingerprint density at radius 1 is 1.06 bits per heavy atom. The molecule has 0 aromatic heterocycles. The number of carbonyl (C=O) groups excluding carboxylic acids is 1. The van der Waals surface area contributed by atoms with E-state index in [4.69, 9.17) is 4.74 Å². The largest absolute Gasteiger partial charge is 0.481 e. The van der Waals surface area contributed by atoms with Crippen molar-refractivity contribution in [1.29, 1.82) is 0 Å². The quantitative estimate of drug-likeness (QED) is 0.725. The van der Waals surface area contributed by atoms with E-state index in [0.717, 1.165) is 33.9 Å². The molecule has 2 aromatic carbocycles. The SMILES string of the molecule is Cc1cc(N2CCC(C(F)(F)F)CC2)cc(C)c1Nc1ccc2c(c1)OCC(=O)N2C. The molecule has 5 nitrogen and oxygen atoms in total. The molecule has 0 bridgehead atoms. The fourth-order valence-electron chi connectivity index (χ4n) is 4.28. The van der Waals surface area contributed by atoms with Crippen LogP contribution >= 0.6 is 0 Å². The maximum atomic E-state index is 12.9. The van der Waals surface area contributed by atoms with Crippen molar-refractivity contribution in [2.45, 2.75) is 32.9 Å². The molecule has 2 aliphatic heterocycles. The molecular formula is C23H26F3N3O2. The highest BCUT2D eigenvalue weighted by atomic mass is 19.4. The first-order chi connectivity index (χ1) is 14.6. The summed E-state index contributed by atoms with van der Waals surface area (Å²) in [6.45, 7) is 4.81. The number of benzene rings is 2. The number of anilines is 4. The van der Waals surface area contributed by atoms with Crippen LogP contribution in [-0.4, -0.2) is 38.8 Å². The number of carbonyl (C=O) groups is 1. The molecule has 4 rings (SSSR count). The van der Waals surface area contributed by atoms with Crippen LogP contribution in [0, 0.1) is 19.8 Å². The van der Waals surface area contributed by atoms with Gasteiger partial charge in [0.25, 0.3) is 5.91 Å². The lowest BCUT2D eigenvalue weighted by molar-refractivity contribution is -0.179. The molecule has 1 fully saturated rings. The molecular weight excluding hydrogens is 407 g/mol. The Bertz CT molecular complexity index is 975. The van der Waals surface area contributed by atoms with E-state index in [-0.39, 0.29) is 25.4 Å². The minimum atomic E-state index is -4.10. The van der Waals surface area contributed by atoms with Gasteiger partial charge in [-0.15, -0.1) is 0 Å². The smallest absolute Gasteiger partial charge is 0.391 e. The van der Waals surface area contributed by atoms with E-state index in [9.17, 15) is 18.0 Å². The molecule has 0 atom stereocenters. The van der Waals surface area contributed by atoms with Crippen molar-refractivity contribution in [2.75, 3.05) is 41.9 Å². The number of likely N-dealkylation sites (N-methyl/N-ethyl adjacent to an activating group) is 1. The topological polar surface area (TPSA) is 44.8 Å². The Labute approximate surface area is 179 Å². The zero-order chi connectivity index (χ0) is 22.3. The first-order valence-corrected chi connectivity index (χ1v) is 10.4. The van der Waals surface area contributed by atoms with Crippen molar-refractivity contribution < 1.29 is 22.7 Å². The number of piperidine rings is 1. The summed E-state index contributed by atoms with van der Waals surface area (Å²) in [4.78, 5) is 15.4. The van der Waals surface area contributed by atoms with Gasteiger partial charge in [0.1, 0.15) is 5.75 Å². The third-order valence-electron chi connectivity index (χ3n) is 6.16. The lowest BCUT2D eigenvalue weighted by atomic mass is 9.95. The number of halogens is 3. The highest BCUT2D eigenvalue weighted by Crippen LogP contribution is 2.38. The maximum absolute atomic E-state index is 12.9. The number of nitrogens with zero attached hydrogens (tertiary/aromatic N) is 2. The second-order valence-corrected chi connectivity index (χ2v) is 8.31. The van der Waals surface area contributed by atoms with Gasteiger partial charge in [-0.2, -0.15) is 13.2 Å². The summed E-state index contributed by atoms with van der Waals surface area (Å²) in [5, 5.41) is 3.42. The van der Waals surface area contributed by atoms with Gasteiger partial charge in [-0.3, -0.25) is 4.79 Å². The Kier molecular flexibility index (Phi) is 5.49. The Morgan fingerprint density at radius 3 is 2.32 bits per heavy atom. The summed E-state index contributed by atoms with van der Waals surface area (Å²) < 4.78 is 44.4. The molecule has 1 amide bonds. The number of alkyl halides is 3. The second kappa shape index (κ2) is 7.98. The minimum absolute atomic E-state index is 0.0186. The van der Waals surface area contributed by atoms with Gasteiger partial charge >= 0.3 is 6.18 Å². The van der Waals surface area contributed by atoms with Crippen molar-refractivity contribution in [3.8, 4) is 5.75 Å². The number of hydrogen-bond donors (Lipinski definition) is 1. The van der Waals surface area contributed by atoms with Gasteiger partial charge in [0.05, 0.1) is 11.6 Å². The lowest BCUT2D eigenvalue weighted by Crippen LogP contribution is -2.39. The zero-order valence-electron chi connectivity index (χ0n) is 17.8. The molecule has 8 heteroatoms. The van der Waals surface area contributed by atoms with Crippen molar-refractivity contribution >= 4 is 28.7 Å². The van der Waals surface area contributed by atoms with Gasteiger partial charge in [-0.25, -0.2) is 0 Å². The first kappa shape index (κ1) is 21.3. The van der Waals surface area contributed by atoms with Gasteiger partial charge in [-0.05, 0) is 62.1 Å². The summed E-state index contributed by atoms with van der Waals surface area (Å²) in [5.41, 5.74) is 5.50. The molecule has 2 aliphatic rings. The third-order valence-corrected chi connectivity index (χ3v) is 6.16. The summed E-state index contributed by atoms with van der Waals surface area (Å²) in [6.07, 6.45) is -3.84. The van der Waals surface area contributed by atoms with Crippen LogP contribution in [0.15, 0.2) is 30.3 Å². The predicted octanol–water partition coefficient (Wildman–Crippen LogP) is 5.18. The standard InChI is InChI=1S/C23H26F3N3O2/c1-14-10-18(29-8-6-16(7-9-29)23(24,25)26)11-15(2)22(14)27-17-4-5-19-20(12-17)31-13-21(30)28(19)3/h4-5,10-12,16,27H,6-9,13H2,1-3H3.